The van der Waals surface area contributed by atoms with Gasteiger partial charge in [0.05, 0.1) is 5.02 Å². The van der Waals surface area contributed by atoms with E-state index < -0.39 is 0 Å². The van der Waals surface area contributed by atoms with Crippen LogP contribution in [0.2, 0.25) is 5.02 Å². The maximum Gasteiger partial charge on any atom is 0.191 e. The molecule has 1 saturated heterocycles. The average molecular weight is 378 g/mol. The predicted molar refractivity (Wildman–Crippen MR) is 107 cm³/mol. The molecule has 0 spiro atoms. The number of aliphatic imine (C=N–C) groups is 1. The second-order valence-corrected chi connectivity index (χ2v) is 7.21. The van der Waals surface area contributed by atoms with Crippen LogP contribution >= 0.6 is 22.9 Å². The zero-order chi connectivity index (χ0) is 17.5. The summed E-state index contributed by atoms with van der Waals surface area (Å²) in [7, 11) is 0. The number of aromatic nitrogens is 1. The van der Waals surface area contributed by atoms with Crippen LogP contribution in [0.5, 0.6) is 0 Å². The minimum Gasteiger partial charge on any atom is -0.357 e. The molecule has 1 aliphatic heterocycles. The highest BCUT2D eigenvalue weighted by molar-refractivity contribution is 7.07. The van der Waals surface area contributed by atoms with E-state index >= 15 is 0 Å². The molecule has 5 nitrogen and oxygen atoms in total. The Morgan fingerprint density at radius 2 is 2.40 bits per heavy atom. The summed E-state index contributed by atoms with van der Waals surface area (Å²) in [5.41, 5.74) is 1.35. The van der Waals surface area contributed by atoms with E-state index in [2.05, 4.69) is 44.3 Å². The van der Waals surface area contributed by atoms with Crippen LogP contribution in [0, 0.1) is 0 Å². The van der Waals surface area contributed by atoms with Crippen LogP contribution in [-0.2, 0) is 6.42 Å². The van der Waals surface area contributed by atoms with E-state index in [1.54, 1.807) is 17.5 Å². The topological polar surface area (TPSA) is 52.6 Å². The molecule has 0 saturated carbocycles. The quantitative estimate of drug-likeness (QED) is 0.599. The molecule has 1 aliphatic rings. The Morgan fingerprint density at radius 3 is 3.16 bits per heavy atom. The first-order valence-corrected chi connectivity index (χ1v) is 9.99. The van der Waals surface area contributed by atoms with Gasteiger partial charge in [-0.05, 0) is 54.3 Å². The van der Waals surface area contributed by atoms with E-state index in [1.165, 1.54) is 5.56 Å². The SMILES string of the molecule is CCNC(=NCCc1ccsc1)NC1CCN(c2ncccc2Cl)C1. The van der Waals surface area contributed by atoms with Crippen LogP contribution in [-0.4, -0.2) is 43.2 Å². The van der Waals surface area contributed by atoms with Gasteiger partial charge in [0, 0.05) is 38.4 Å². The standard InChI is InChI=1S/C18H24ClN5S/c1-2-20-18(22-9-5-14-7-11-25-13-14)23-15-6-10-24(12-15)17-16(19)4-3-8-21-17/h3-4,7-8,11,13,15H,2,5-6,9-10,12H2,1H3,(H2,20,22,23). The van der Waals surface area contributed by atoms with Gasteiger partial charge < -0.3 is 15.5 Å². The van der Waals surface area contributed by atoms with Crippen LogP contribution in [0.15, 0.2) is 40.1 Å². The summed E-state index contributed by atoms with van der Waals surface area (Å²) < 4.78 is 0. The number of thiophene rings is 1. The number of nitrogens with one attached hydrogen (secondary N) is 2. The monoisotopic (exact) mass is 377 g/mol. The van der Waals surface area contributed by atoms with Gasteiger partial charge in [-0.25, -0.2) is 4.98 Å². The number of hydrogen-bond donors (Lipinski definition) is 2. The third-order valence-electron chi connectivity index (χ3n) is 4.16. The number of guanidine groups is 1. The average Bonchev–Trinajstić information content (AvgIpc) is 3.27. The van der Waals surface area contributed by atoms with Crippen molar-refractivity contribution in [2.45, 2.75) is 25.8 Å². The Balaban J connectivity index is 1.54. The molecule has 2 N–H and O–H groups in total. The van der Waals surface area contributed by atoms with Gasteiger partial charge >= 0.3 is 0 Å². The lowest BCUT2D eigenvalue weighted by Gasteiger charge is -2.20. The van der Waals surface area contributed by atoms with Crippen molar-refractivity contribution in [3.8, 4) is 0 Å². The summed E-state index contributed by atoms with van der Waals surface area (Å²) in [5, 5.41) is 11.9. The second kappa shape index (κ2) is 9.06. The Labute approximate surface area is 158 Å². The summed E-state index contributed by atoms with van der Waals surface area (Å²) in [4.78, 5) is 11.3. The van der Waals surface area contributed by atoms with Crippen LogP contribution in [0.1, 0.15) is 18.9 Å². The first kappa shape index (κ1) is 18.0. The number of pyridine rings is 1. The van der Waals surface area contributed by atoms with Crippen molar-refractivity contribution in [2.75, 3.05) is 31.1 Å². The van der Waals surface area contributed by atoms with Gasteiger partial charge in [-0.15, -0.1) is 0 Å². The van der Waals surface area contributed by atoms with E-state index in [-0.39, 0.29) is 0 Å². The molecular weight excluding hydrogens is 354 g/mol. The molecular formula is C18H24ClN5S. The fourth-order valence-electron chi connectivity index (χ4n) is 2.93. The molecule has 2 aromatic rings. The largest absolute Gasteiger partial charge is 0.357 e. The smallest absolute Gasteiger partial charge is 0.191 e. The molecule has 0 radical (unpaired) electrons. The van der Waals surface area contributed by atoms with Gasteiger partial charge in [0.1, 0.15) is 5.82 Å². The van der Waals surface area contributed by atoms with Gasteiger partial charge in [-0.1, -0.05) is 11.6 Å². The lowest BCUT2D eigenvalue weighted by atomic mass is 10.2. The fraction of sp³-hybridized carbons (Fsp3) is 0.444. The molecule has 0 amide bonds. The number of hydrogen-bond acceptors (Lipinski definition) is 4. The van der Waals surface area contributed by atoms with Crippen molar-refractivity contribution in [3.63, 3.8) is 0 Å². The number of nitrogens with zero attached hydrogens (tertiary/aromatic N) is 3. The Morgan fingerprint density at radius 1 is 1.48 bits per heavy atom. The first-order valence-electron chi connectivity index (χ1n) is 8.67. The van der Waals surface area contributed by atoms with Crippen molar-refractivity contribution in [3.05, 3.63) is 45.7 Å². The highest BCUT2D eigenvalue weighted by Crippen LogP contribution is 2.25. The highest BCUT2D eigenvalue weighted by atomic mass is 35.5. The zero-order valence-electron chi connectivity index (χ0n) is 14.4. The third-order valence-corrected chi connectivity index (χ3v) is 5.19. The molecule has 1 unspecified atom stereocenters. The summed E-state index contributed by atoms with van der Waals surface area (Å²) in [5.74, 6) is 1.75. The van der Waals surface area contributed by atoms with Gasteiger partial charge in [0.25, 0.3) is 0 Å². The Hall–Kier alpha value is -1.79. The second-order valence-electron chi connectivity index (χ2n) is 6.03. The summed E-state index contributed by atoms with van der Waals surface area (Å²) in [6.45, 7) is 5.56. The first-order chi connectivity index (χ1) is 12.3. The molecule has 3 rings (SSSR count). The minimum absolute atomic E-state index is 0.344. The predicted octanol–water partition coefficient (Wildman–Crippen LogP) is 3.17. The van der Waals surface area contributed by atoms with Gasteiger partial charge in [0.2, 0.25) is 0 Å². The van der Waals surface area contributed by atoms with Gasteiger partial charge in [0.15, 0.2) is 5.96 Å². The van der Waals surface area contributed by atoms with Crippen LogP contribution in [0.3, 0.4) is 0 Å². The molecule has 3 heterocycles. The van der Waals surface area contributed by atoms with E-state index in [0.29, 0.717) is 11.1 Å². The van der Waals surface area contributed by atoms with E-state index in [4.69, 9.17) is 16.6 Å². The number of halogens is 1. The van der Waals surface area contributed by atoms with Crippen molar-refractivity contribution in [1.82, 2.24) is 15.6 Å². The summed E-state index contributed by atoms with van der Waals surface area (Å²) >= 11 is 8.00. The summed E-state index contributed by atoms with van der Waals surface area (Å²) in [6.07, 6.45) is 3.81. The number of anilines is 1. The Bertz CT molecular complexity index is 689. The number of rotatable bonds is 6. The molecule has 0 bridgehead atoms. The van der Waals surface area contributed by atoms with E-state index in [1.807, 2.05) is 12.1 Å². The van der Waals surface area contributed by atoms with Gasteiger partial charge in [-0.3, -0.25) is 4.99 Å². The fourth-order valence-corrected chi connectivity index (χ4v) is 3.87. The summed E-state index contributed by atoms with van der Waals surface area (Å²) in [6, 6.07) is 6.25. The highest BCUT2D eigenvalue weighted by Gasteiger charge is 2.25. The lowest BCUT2D eigenvalue weighted by molar-refractivity contribution is 0.648. The third kappa shape index (κ3) is 5.09. The molecule has 0 aliphatic carbocycles. The van der Waals surface area contributed by atoms with Crippen LogP contribution in [0.25, 0.3) is 0 Å². The molecule has 0 aromatic carbocycles. The van der Waals surface area contributed by atoms with Gasteiger partial charge in [-0.2, -0.15) is 11.3 Å². The molecule has 2 aromatic heterocycles. The van der Waals surface area contributed by atoms with Crippen molar-refractivity contribution >= 4 is 34.7 Å². The maximum atomic E-state index is 6.27. The normalized spacial score (nSPS) is 17.8. The van der Waals surface area contributed by atoms with Crippen LogP contribution in [0.4, 0.5) is 5.82 Å². The molecule has 7 heteroatoms. The van der Waals surface area contributed by atoms with E-state index in [9.17, 15) is 0 Å². The van der Waals surface area contributed by atoms with Crippen molar-refractivity contribution < 1.29 is 0 Å². The molecule has 1 atom stereocenters. The molecule has 134 valence electrons. The van der Waals surface area contributed by atoms with Crippen molar-refractivity contribution in [2.24, 2.45) is 4.99 Å². The minimum atomic E-state index is 0.344. The lowest BCUT2D eigenvalue weighted by Crippen LogP contribution is -2.44. The molecule has 1 fully saturated rings. The van der Waals surface area contributed by atoms with E-state index in [0.717, 1.165) is 50.8 Å². The molecule has 25 heavy (non-hydrogen) atoms. The van der Waals surface area contributed by atoms with Crippen molar-refractivity contribution in [1.29, 1.82) is 0 Å². The van der Waals surface area contributed by atoms with Crippen LogP contribution < -0.4 is 15.5 Å². The Kier molecular flexibility index (Phi) is 6.53. The maximum absolute atomic E-state index is 6.27. The zero-order valence-corrected chi connectivity index (χ0v) is 16.0.